The second-order valence-corrected chi connectivity index (χ2v) is 18.9. The Labute approximate surface area is 381 Å². The molecule has 0 amide bonds. The smallest absolute Gasteiger partial charge is 0.0484 e. The highest BCUT2D eigenvalue weighted by Crippen LogP contribution is 2.32. The first-order chi connectivity index (χ1) is 30.3. The highest BCUT2D eigenvalue weighted by Gasteiger charge is 2.32. The summed E-state index contributed by atoms with van der Waals surface area (Å²) in [5.41, 5.74) is 12.7. The molecule has 1 aliphatic carbocycles. The summed E-state index contributed by atoms with van der Waals surface area (Å²) in [5.74, 6) is 0. The van der Waals surface area contributed by atoms with Crippen LogP contribution < -0.4 is 5.32 Å². The van der Waals surface area contributed by atoms with E-state index >= 15 is 0 Å². The molecule has 2 heterocycles. The molecule has 6 heteroatoms. The molecule has 1 saturated carbocycles. The predicted molar refractivity (Wildman–Crippen MR) is 263 cm³/mol. The van der Waals surface area contributed by atoms with Crippen LogP contribution in [0.15, 0.2) is 146 Å². The third-order valence-corrected chi connectivity index (χ3v) is 13.9. The minimum absolute atomic E-state index is 0.515. The van der Waals surface area contributed by atoms with Crippen molar-refractivity contribution in [1.82, 2.24) is 20.0 Å². The number of rotatable bonds is 11. The van der Waals surface area contributed by atoms with Gasteiger partial charge in [-0.05, 0) is 97.2 Å². The summed E-state index contributed by atoms with van der Waals surface area (Å²) >= 11 is 12.9. The van der Waals surface area contributed by atoms with Crippen LogP contribution >= 0.6 is 23.2 Å². The van der Waals surface area contributed by atoms with Crippen LogP contribution in [0.4, 0.5) is 0 Å². The molecule has 0 aromatic heterocycles. The molecule has 3 fully saturated rings. The van der Waals surface area contributed by atoms with Gasteiger partial charge in [-0.3, -0.25) is 14.7 Å². The van der Waals surface area contributed by atoms with E-state index in [1.165, 1.54) is 83.2 Å². The molecule has 6 aromatic rings. The van der Waals surface area contributed by atoms with E-state index in [2.05, 4.69) is 167 Å². The fourth-order valence-corrected chi connectivity index (χ4v) is 10.4. The van der Waals surface area contributed by atoms with Gasteiger partial charge in [-0.25, -0.2) is 0 Å². The average Bonchev–Trinajstić information content (AvgIpc) is 3.30. The van der Waals surface area contributed by atoms with Crippen LogP contribution in [0.25, 0.3) is 22.3 Å². The van der Waals surface area contributed by atoms with Gasteiger partial charge in [0.15, 0.2) is 0 Å². The largest absolute Gasteiger partial charge is 0.311 e. The van der Waals surface area contributed by atoms with E-state index < -0.39 is 0 Å². The number of aryl methyl sites for hydroxylation is 2. The minimum Gasteiger partial charge on any atom is -0.311 e. The summed E-state index contributed by atoms with van der Waals surface area (Å²) in [5, 5.41) is 5.30. The van der Waals surface area contributed by atoms with E-state index in [9.17, 15) is 0 Å². The van der Waals surface area contributed by atoms with Crippen LogP contribution in [0, 0.1) is 13.8 Å². The minimum atomic E-state index is 0.515. The standard InChI is InChI=1S/C31H37ClN2.C25H27ClN2/c1-24-12-17-31(32)30(20-24)27-15-13-26(14-16-27)22-33-18-19-34(28-10-6-3-7-11-28)29(23-33)21-25-8-4-2-5-9-25;1-19-7-12-25(26)24(15-19)22-10-8-21(9-11-22)17-28-14-13-27-23(18-28)16-20-5-3-2-4-6-20/h2,4-5,8-9,12-17,20,28-29H,3,6-7,10-11,18-19,21-23H2,1H3;2-12,15,23,27H,13-14,16-18H2,1H3. The average molecular weight is 864 g/mol. The molecule has 322 valence electrons. The maximum atomic E-state index is 6.47. The second-order valence-electron chi connectivity index (χ2n) is 18.0. The fourth-order valence-electron chi connectivity index (χ4n) is 9.93. The summed E-state index contributed by atoms with van der Waals surface area (Å²) in [6, 6.07) is 54.1. The van der Waals surface area contributed by atoms with Crippen LogP contribution in [0.3, 0.4) is 0 Å². The fraction of sp³-hybridized carbons (Fsp3) is 0.357. The quantitative estimate of drug-likeness (QED) is 0.140. The maximum Gasteiger partial charge on any atom is 0.0484 e. The Morgan fingerprint density at radius 2 is 1.03 bits per heavy atom. The SMILES string of the molecule is Cc1ccc(Cl)c(-c2ccc(CN3CCN(C4CCCCC4)C(Cc4ccccc4)C3)cc2)c1.Cc1ccc(Cl)c(-c2ccc(CN3CCNC(Cc4ccccc4)C3)cc2)c1. The molecule has 0 spiro atoms. The highest BCUT2D eigenvalue weighted by atomic mass is 35.5. The number of benzene rings is 6. The van der Waals surface area contributed by atoms with Crippen LogP contribution in [0.2, 0.25) is 10.0 Å². The van der Waals surface area contributed by atoms with Gasteiger partial charge >= 0.3 is 0 Å². The van der Waals surface area contributed by atoms with E-state index in [1.54, 1.807) is 0 Å². The Morgan fingerprint density at radius 3 is 1.58 bits per heavy atom. The third-order valence-electron chi connectivity index (χ3n) is 13.2. The Hall–Kier alpha value is -4.26. The molecule has 6 aromatic carbocycles. The second kappa shape index (κ2) is 21.9. The van der Waals surface area contributed by atoms with Crippen molar-refractivity contribution < 1.29 is 0 Å². The first-order valence-electron chi connectivity index (χ1n) is 23.1. The molecular weight excluding hydrogens is 800 g/mol. The van der Waals surface area contributed by atoms with Gasteiger partial charge in [0.05, 0.1) is 0 Å². The van der Waals surface area contributed by atoms with Crippen molar-refractivity contribution in [2.45, 2.75) is 90.0 Å². The molecule has 0 radical (unpaired) electrons. The number of nitrogens with one attached hydrogen (secondary N) is 1. The maximum absolute atomic E-state index is 6.47. The van der Waals surface area contributed by atoms with Gasteiger partial charge in [-0.1, -0.05) is 175 Å². The summed E-state index contributed by atoms with van der Waals surface area (Å²) < 4.78 is 0. The molecule has 62 heavy (non-hydrogen) atoms. The van der Waals surface area contributed by atoms with E-state index in [1.807, 2.05) is 12.1 Å². The zero-order valence-corrected chi connectivity index (χ0v) is 38.3. The van der Waals surface area contributed by atoms with Gasteiger partial charge < -0.3 is 5.32 Å². The highest BCUT2D eigenvalue weighted by molar-refractivity contribution is 6.33. The lowest BCUT2D eigenvalue weighted by molar-refractivity contribution is 0.0242. The molecule has 2 aliphatic heterocycles. The van der Waals surface area contributed by atoms with Crippen LogP contribution in [-0.2, 0) is 25.9 Å². The zero-order chi connectivity index (χ0) is 42.7. The van der Waals surface area contributed by atoms with Gasteiger partial charge in [0, 0.05) is 91.7 Å². The molecule has 1 N–H and O–H groups in total. The van der Waals surface area contributed by atoms with Crippen molar-refractivity contribution in [1.29, 1.82) is 0 Å². The van der Waals surface area contributed by atoms with Gasteiger partial charge in [0.25, 0.3) is 0 Å². The predicted octanol–water partition coefficient (Wildman–Crippen LogP) is 12.7. The molecule has 2 saturated heterocycles. The molecule has 0 bridgehead atoms. The van der Waals surface area contributed by atoms with Crippen LogP contribution in [-0.4, -0.2) is 72.1 Å². The van der Waals surface area contributed by atoms with Crippen LogP contribution in [0.1, 0.15) is 65.5 Å². The van der Waals surface area contributed by atoms with Gasteiger partial charge in [-0.15, -0.1) is 0 Å². The number of nitrogens with zero attached hydrogens (tertiary/aromatic N) is 3. The lowest BCUT2D eigenvalue weighted by Gasteiger charge is -2.46. The van der Waals surface area contributed by atoms with E-state index in [4.69, 9.17) is 23.2 Å². The molecule has 4 nitrogen and oxygen atoms in total. The summed E-state index contributed by atoms with van der Waals surface area (Å²) in [6.45, 7) is 13.0. The zero-order valence-electron chi connectivity index (χ0n) is 36.8. The van der Waals surface area contributed by atoms with Gasteiger partial charge in [-0.2, -0.15) is 0 Å². The van der Waals surface area contributed by atoms with Crippen molar-refractivity contribution in [3.8, 4) is 22.3 Å². The molecule has 9 rings (SSSR count). The molecule has 2 unspecified atom stereocenters. The number of piperazine rings is 2. The lowest BCUT2D eigenvalue weighted by atomic mass is 9.91. The number of halogens is 2. The van der Waals surface area contributed by atoms with Crippen molar-refractivity contribution in [3.05, 3.63) is 189 Å². The summed E-state index contributed by atoms with van der Waals surface area (Å²) in [6.07, 6.45) is 9.23. The van der Waals surface area contributed by atoms with Crippen molar-refractivity contribution in [2.75, 3.05) is 39.3 Å². The molecular formula is C56H64Cl2N4. The normalized spacial score (nSPS) is 19.2. The Bertz CT molecular complexity index is 2290. The first-order valence-corrected chi connectivity index (χ1v) is 23.8. The van der Waals surface area contributed by atoms with Crippen molar-refractivity contribution in [3.63, 3.8) is 0 Å². The van der Waals surface area contributed by atoms with E-state index in [0.717, 1.165) is 85.9 Å². The Kier molecular flexibility index (Phi) is 15.7. The van der Waals surface area contributed by atoms with Crippen molar-refractivity contribution in [2.24, 2.45) is 0 Å². The molecule has 2 atom stereocenters. The van der Waals surface area contributed by atoms with Gasteiger partial charge in [0.2, 0.25) is 0 Å². The summed E-state index contributed by atoms with van der Waals surface area (Å²) in [7, 11) is 0. The summed E-state index contributed by atoms with van der Waals surface area (Å²) in [4.78, 5) is 8.09. The Morgan fingerprint density at radius 1 is 0.516 bits per heavy atom. The lowest BCUT2D eigenvalue weighted by Crippen LogP contribution is -2.57. The van der Waals surface area contributed by atoms with Gasteiger partial charge in [0.1, 0.15) is 0 Å². The topological polar surface area (TPSA) is 21.8 Å². The first kappa shape index (κ1) is 44.4. The van der Waals surface area contributed by atoms with Crippen LogP contribution in [0.5, 0.6) is 0 Å². The third kappa shape index (κ3) is 12.3. The number of hydrogen-bond acceptors (Lipinski definition) is 4. The monoisotopic (exact) mass is 862 g/mol. The number of hydrogen-bond donors (Lipinski definition) is 1. The molecule has 3 aliphatic rings. The van der Waals surface area contributed by atoms with Crippen molar-refractivity contribution >= 4 is 23.2 Å². The Balaban J connectivity index is 0.000000174. The van der Waals surface area contributed by atoms with E-state index in [-0.39, 0.29) is 0 Å². The van der Waals surface area contributed by atoms with E-state index in [0.29, 0.717) is 12.1 Å².